The lowest BCUT2D eigenvalue weighted by atomic mass is 9.78. The van der Waals surface area contributed by atoms with Crippen molar-refractivity contribution in [2.24, 2.45) is 5.92 Å². The third-order valence-corrected chi connectivity index (χ3v) is 6.03. The van der Waals surface area contributed by atoms with Crippen molar-refractivity contribution >= 4 is 11.3 Å². The maximum atomic E-state index is 3.94. The zero-order chi connectivity index (χ0) is 13.8. The van der Waals surface area contributed by atoms with E-state index in [2.05, 4.69) is 34.8 Å². The van der Waals surface area contributed by atoms with Gasteiger partial charge in [0, 0.05) is 30.1 Å². The molecule has 1 saturated heterocycles. The fourth-order valence-electron chi connectivity index (χ4n) is 3.94. The third-order valence-electron chi connectivity index (χ3n) is 5.10. The first kappa shape index (κ1) is 14.6. The SMILES string of the molecule is CN(CCc1cccs1)CC1CCC2CCCCC2N1. The molecule has 2 nitrogen and oxygen atoms in total. The number of hydrogen-bond donors (Lipinski definition) is 1. The molecule has 3 atom stereocenters. The van der Waals surface area contributed by atoms with Gasteiger partial charge in [0.2, 0.25) is 0 Å². The van der Waals surface area contributed by atoms with E-state index in [0.29, 0.717) is 0 Å². The Labute approximate surface area is 127 Å². The Morgan fingerprint density at radius 2 is 2.15 bits per heavy atom. The van der Waals surface area contributed by atoms with E-state index in [4.69, 9.17) is 0 Å². The van der Waals surface area contributed by atoms with Crippen LogP contribution in [0.3, 0.4) is 0 Å². The van der Waals surface area contributed by atoms with E-state index in [1.54, 1.807) is 0 Å². The first-order valence-electron chi connectivity index (χ1n) is 8.28. The zero-order valence-corrected chi connectivity index (χ0v) is 13.5. The number of nitrogens with one attached hydrogen (secondary N) is 1. The number of thiophene rings is 1. The summed E-state index contributed by atoms with van der Waals surface area (Å²) < 4.78 is 0. The van der Waals surface area contributed by atoms with Crippen LogP contribution in [0.25, 0.3) is 0 Å². The second-order valence-corrected chi connectivity index (χ2v) is 7.72. The van der Waals surface area contributed by atoms with Crippen molar-refractivity contribution in [2.45, 2.75) is 57.0 Å². The first-order chi connectivity index (χ1) is 9.81. The standard InChI is InChI=1S/C17H28N2S/c1-19(11-10-16-6-4-12-20-16)13-15-9-8-14-5-2-3-7-17(14)18-15/h4,6,12,14-15,17-18H,2-3,5,7-11,13H2,1H3. The summed E-state index contributed by atoms with van der Waals surface area (Å²) in [7, 11) is 2.28. The van der Waals surface area contributed by atoms with Crippen LogP contribution in [0.2, 0.25) is 0 Å². The van der Waals surface area contributed by atoms with Gasteiger partial charge in [-0.15, -0.1) is 11.3 Å². The van der Waals surface area contributed by atoms with Gasteiger partial charge in [-0.1, -0.05) is 18.9 Å². The van der Waals surface area contributed by atoms with Gasteiger partial charge < -0.3 is 10.2 Å². The molecule has 2 heterocycles. The van der Waals surface area contributed by atoms with Gasteiger partial charge >= 0.3 is 0 Å². The maximum Gasteiger partial charge on any atom is 0.0197 e. The first-order valence-corrected chi connectivity index (χ1v) is 9.16. The van der Waals surface area contributed by atoms with E-state index in [1.165, 1.54) is 62.9 Å². The highest BCUT2D eigenvalue weighted by molar-refractivity contribution is 7.09. The molecule has 1 saturated carbocycles. The van der Waals surface area contributed by atoms with Gasteiger partial charge in [-0.3, -0.25) is 0 Å². The zero-order valence-electron chi connectivity index (χ0n) is 12.7. The van der Waals surface area contributed by atoms with Crippen LogP contribution < -0.4 is 5.32 Å². The summed E-state index contributed by atoms with van der Waals surface area (Å²) in [4.78, 5) is 4.03. The lowest BCUT2D eigenvalue weighted by molar-refractivity contribution is 0.153. The molecule has 0 bridgehead atoms. The van der Waals surface area contributed by atoms with Crippen molar-refractivity contribution in [1.29, 1.82) is 0 Å². The smallest absolute Gasteiger partial charge is 0.0197 e. The van der Waals surface area contributed by atoms with Gasteiger partial charge in [0.15, 0.2) is 0 Å². The van der Waals surface area contributed by atoms with E-state index < -0.39 is 0 Å². The minimum Gasteiger partial charge on any atom is -0.310 e. The van der Waals surface area contributed by atoms with Crippen LogP contribution in [0, 0.1) is 5.92 Å². The van der Waals surface area contributed by atoms with Crippen molar-refractivity contribution < 1.29 is 0 Å². The van der Waals surface area contributed by atoms with E-state index in [1.807, 2.05) is 11.3 Å². The molecule has 3 rings (SSSR count). The van der Waals surface area contributed by atoms with Crippen molar-refractivity contribution in [3.8, 4) is 0 Å². The van der Waals surface area contributed by atoms with Crippen LogP contribution in [0.15, 0.2) is 17.5 Å². The summed E-state index contributed by atoms with van der Waals surface area (Å²) in [5.41, 5.74) is 0. The minimum absolute atomic E-state index is 0.725. The molecule has 112 valence electrons. The predicted octanol–water partition coefficient (Wildman–Crippen LogP) is 3.53. The van der Waals surface area contributed by atoms with Gasteiger partial charge in [-0.2, -0.15) is 0 Å². The number of nitrogens with zero attached hydrogens (tertiary/aromatic N) is 1. The van der Waals surface area contributed by atoms with Gasteiger partial charge in [-0.05, 0) is 56.5 Å². The molecule has 1 aliphatic carbocycles. The minimum atomic E-state index is 0.725. The summed E-state index contributed by atoms with van der Waals surface area (Å²) in [5, 5.41) is 6.12. The van der Waals surface area contributed by atoms with E-state index in [0.717, 1.165) is 18.0 Å². The maximum absolute atomic E-state index is 3.94. The Balaban J connectivity index is 1.41. The molecule has 1 N–H and O–H groups in total. The summed E-state index contributed by atoms with van der Waals surface area (Å²) in [6.07, 6.45) is 9.83. The lowest BCUT2D eigenvalue weighted by Gasteiger charge is -2.41. The van der Waals surface area contributed by atoms with Crippen molar-refractivity contribution in [3.05, 3.63) is 22.4 Å². The molecule has 1 aromatic heterocycles. The van der Waals surface area contributed by atoms with Gasteiger partial charge in [0.1, 0.15) is 0 Å². The number of piperidine rings is 1. The second kappa shape index (κ2) is 7.06. The molecule has 2 aliphatic rings. The number of hydrogen-bond acceptors (Lipinski definition) is 3. The molecule has 0 aromatic carbocycles. The molecular weight excluding hydrogens is 264 g/mol. The summed E-state index contributed by atoms with van der Waals surface area (Å²) in [6.45, 7) is 2.40. The number of likely N-dealkylation sites (N-methyl/N-ethyl adjacent to an activating group) is 1. The average Bonchev–Trinajstić information content (AvgIpc) is 2.98. The van der Waals surface area contributed by atoms with Crippen LogP contribution in [-0.4, -0.2) is 37.1 Å². The molecular formula is C17H28N2S. The lowest BCUT2D eigenvalue weighted by Crippen LogP contribution is -2.52. The Morgan fingerprint density at radius 1 is 1.25 bits per heavy atom. The van der Waals surface area contributed by atoms with Gasteiger partial charge in [0.05, 0.1) is 0 Å². The van der Waals surface area contributed by atoms with E-state index >= 15 is 0 Å². The van der Waals surface area contributed by atoms with E-state index in [-0.39, 0.29) is 0 Å². The fraction of sp³-hybridized carbons (Fsp3) is 0.765. The molecule has 3 heteroatoms. The largest absolute Gasteiger partial charge is 0.310 e. The topological polar surface area (TPSA) is 15.3 Å². The molecule has 0 radical (unpaired) electrons. The van der Waals surface area contributed by atoms with Gasteiger partial charge in [0.25, 0.3) is 0 Å². The highest BCUT2D eigenvalue weighted by Crippen LogP contribution is 2.32. The quantitative estimate of drug-likeness (QED) is 0.893. The average molecular weight is 292 g/mol. The Bertz CT molecular complexity index is 390. The van der Waals surface area contributed by atoms with Gasteiger partial charge in [-0.25, -0.2) is 0 Å². The monoisotopic (exact) mass is 292 g/mol. The molecule has 1 aliphatic heterocycles. The highest BCUT2D eigenvalue weighted by Gasteiger charge is 2.31. The summed E-state index contributed by atoms with van der Waals surface area (Å²) in [6, 6.07) is 5.96. The molecule has 0 spiro atoms. The van der Waals surface area contributed by atoms with E-state index in [9.17, 15) is 0 Å². The Kier molecular flexibility index (Phi) is 5.14. The van der Waals surface area contributed by atoms with Crippen LogP contribution in [0.4, 0.5) is 0 Å². The predicted molar refractivity (Wildman–Crippen MR) is 87.4 cm³/mol. The molecule has 20 heavy (non-hydrogen) atoms. The summed E-state index contributed by atoms with van der Waals surface area (Å²) in [5.74, 6) is 0.983. The molecule has 2 fully saturated rings. The number of fused-ring (bicyclic) bond motifs is 1. The van der Waals surface area contributed by atoms with Crippen LogP contribution in [0.1, 0.15) is 43.4 Å². The summed E-state index contributed by atoms with van der Waals surface area (Å²) >= 11 is 1.88. The number of rotatable bonds is 5. The van der Waals surface area contributed by atoms with Crippen molar-refractivity contribution in [3.63, 3.8) is 0 Å². The molecule has 1 aromatic rings. The van der Waals surface area contributed by atoms with Crippen LogP contribution in [0.5, 0.6) is 0 Å². The fourth-order valence-corrected chi connectivity index (χ4v) is 4.64. The second-order valence-electron chi connectivity index (χ2n) is 6.68. The van der Waals surface area contributed by atoms with Crippen LogP contribution in [-0.2, 0) is 6.42 Å². The Hall–Kier alpha value is -0.380. The van der Waals surface area contributed by atoms with Crippen LogP contribution >= 0.6 is 11.3 Å². The highest BCUT2D eigenvalue weighted by atomic mass is 32.1. The normalized spacial score (nSPS) is 30.4. The molecule has 0 amide bonds. The molecule has 3 unspecified atom stereocenters. The van der Waals surface area contributed by atoms with Crippen molar-refractivity contribution in [1.82, 2.24) is 10.2 Å². The third kappa shape index (κ3) is 3.84. The van der Waals surface area contributed by atoms with Crippen molar-refractivity contribution in [2.75, 3.05) is 20.1 Å². The Morgan fingerprint density at radius 3 is 3.00 bits per heavy atom.